The van der Waals surface area contributed by atoms with Gasteiger partial charge >= 0.3 is 0 Å². The number of nitrogen functional groups attached to an aromatic ring is 1. The highest BCUT2D eigenvalue weighted by atomic mass is 16.5. The molecule has 110 valence electrons. The summed E-state index contributed by atoms with van der Waals surface area (Å²) in [6.07, 6.45) is 4.41. The molecule has 4 N–H and O–H groups in total. The van der Waals surface area contributed by atoms with Crippen LogP contribution in [0.2, 0.25) is 0 Å². The summed E-state index contributed by atoms with van der Waals surface area (Å²) in [5, 5.41) is 6.18. The number of rotatable bonds is 6. The minimum atomic E-state index is 0.183. The fourth-order valence-corrected chi connectivity index (χ4v) is 2.53. The number of benzene rings is 1. The van der Waals surface area contributed by atoms with E-state index in [2.05, 4.69) is 10.6 Å². The third-order valence-electron chi connectivity index (χ3n) is 3.73. The average Bonchev–Trinajstić information content (AvgIpc) is 2.99. The standard InChI is InChI=1S/C15H23N3O2/c1-20-12-6-7-13(16)14(10-12)17-8-9-18-15(19)11-4-2-3-5-11/h6-7,10-11,17H,2-5,8-9,16H2,1H3,(H,18,19). The summed E-state index contributed by atoms with van der Waals surface area (Å²) in [5.74, 6) is 1.16. The second kappa shape index (κ2) is 7.03. The van der Waals surface area contributed by atoms with Gasteiger partial charge in [0.05, 0.1) is 18.5 Å². The first-order valence-electron chi connectivity index (χ1n) is 7.16. The highest BCUT2D eigenvalue weighted by Crippen LogP contribution is 2.25. The van der Waals surface area contributed by atoms with E-state index in [9.17, 15) is 4.79 Å². The van der Waals surface area contributed by atoms with Crippen molar-refractivity contribution in [2.75, 3.05) is 31.2 Å². The lowest BCUT2D eigenvalue weighted by Crippen LogP contribution is -2.33. The maximum absolute atomic E-state index is 11.8. The Morgan fingerprint density at radius 2 is 2.10 bits per heavy atom. The van der Waals surface area contributed by atoms with Gasteiger partial charge in [-0.05, 0) is 25.0 Å². The van der Waals surface area contributed by atoms with E-state index >= 15 is 0 Å². The molecule has 0 aromatic heterocycles. The molecule has 20 heavy (non-hydrogen) atoms. The smallest absolute Gasteiger partial charge is 0.223 e. The topological polar surface area (TPSA) is 76.4 Å². The first-order valence-corrected chi connectivity index (χ1v) is 7.16. The molecule has 2 rings (SSSR count). The summed E-state index contributed by atoms with van der Waals surface area (Å²) in [7, 11) is 1.62. The van der Waals surface area contributed by atoms with Crippen molar-refractivity contribution >= 4 is 17.3 Å². The molecule has 0 saturated heterocycles. The summed E-state index contributed by atoms with van der Waals surface area (Å²) in [5.41, 5.74) is 7.39. The molecule has 1 saturated carbocycles. The maximum Gasteiger partial charge on any atom is 0.223 e. The van der Waals surface area contributed by atoms with Gasteiger partial charge in [-0.25, -0.2) is 0 Å². The fourth-order valence-electron chi connectivity index (χ4n) is 2.53. The number of carbonyl (C=O) groups is 1. The van der Waals surface area contributed by atoms with Crippen LogP contribution >= 0.6 is 0 Å². The molecule has 1 fully saturated rings. The van der Waals surface area contributed by atoms with Crippen molar-refractivity contribution in [3.05, 3.63) is 18.2 Å². The zero-order valence-corrected chi connectivity index (χ0v) is 11.9. The Kier molecular flexibility index (Phi) is 5.09. The molecule has 1 amide bonds. The minimum Gasteiger partial charge on any atom is -0.497 e. The van der Waals surface area contributed by atoms with Crippen molar-refractivity contribution in [3.8, 4) is 5.75 Å². The maximum atomic E-state index is 11.8. The summed E-state index contributed by atoms with van der Waals surface area (Å²) in [6.45, 7) is 1.25. The third kappa shape index (κ3) is 3.79. The lowest BCUT2D eigenvalue weighted by molar-refractivity contribution is -0.124. The summed E-state index contributed by atoms with van der Waals surface area (Å²) < 4.78 is 5.16. The van der Waals surface area contributed by atoms with Crippen LogP contribution in [0.25, 0.3) is 0 Å². The number of hydrogen-bond donors (Lipinski definition) is 3. The van der Waals surface area contributed by atoms with Crippen LogP contribution in [0, 0.1) is 5.92 Å². The van der Waals surface area contributed by atoms with Crippen molar-refractivity contribution in [2.45, 2.75) is 25.7 Å². The predicted molar refractivity (Wildman–Crippen MR) is 80.9 cm³/mol. The highest BCUT2D eigenvalue weighted by molar-refractivity contribution is 5.78. The molecule has 0 heterocycles. The van der Waals surface area contributed by atoms with Crippen LogP contribution in [-0.4, -0.2) is 26.1 Å². The summed E-state index contributed by atoms with van der Waals surface area (Å²) >= 11 is 0. The van der Waals surface area contributed by atoms with Gasteiger partial charge in [0.15, 0.2) is 0 Å². The van der Waals surface area contributed by atoms with E-state index in [-0.39, 0.29) is 11.8 Å². The molecule has 0 unspecified atom stereocenters. The lowest BCUT2D eigenvalue weighted by Gasteiger charge is -2.13. The van der Waals surface area contributed by atoms with E-state index in [0.717, 1.165) is 24.3 Å². The Morgan fingerprint density at radius 1 is 1.35 bits per heavy atom. The van der Waals surface area contributed by atoms with Gasteiger partial charge in [0.2, 0.25) is 5.91 Å². The van der Waals surface area contributed by atoms with Crippen LogP contribution in [0.4, 0.5) is 11.4 Å². The molecule has 1 aromatic rings. The molecule has 5 heteroatoms. The number of amides is 1. The molecular weight excluding hydrogens is 254 g/mol. The molecule has 0 spiro atoms. The molecule has 5 nitrogen and oxygen atoms in total. The van der Waals surface area contributed by atoms with Crippen LogP contribution in [-0.2, 0) is 4.79 Å². The number of ether oxygens (including phenoxy) is 1. The minimum absolute atomic E-state index is 0.183. The van der Waals surface area contributed by atoms with Gasteiger partial charge in [-0.3, -0.25) is 4.79 Å². The van der Waals surface area contributed by atoms with E-state index in [1.165, 1.54) is 12.8 Å². The van der Waals surface area contributed by atoms with Crippen LogP contribution < -0.4 is 21.1 Å². The number of carbonyl (C=O) groups excluding carboxylic acids is 1. The molecule has 0 bridgehead atoms. The van der Waals surface area contributed by atoms with Crippen molar-refractivity contribution in [1.82, 2.24) is 5.32 Å². The first kappa shape index (κ1) is 14.5. The zero-order chi connectivity index (χ0) is 14.4. The summed E-state index contributed by atoms with van der Waals surface area (Å²) in [6, 6.07) is 5.48. The van der Waals surface area contributed by atoms with Crippen molar-refractivity contribution in [2.24, 2.45) is 5.92 Å². The van der Waals surface area contributed by atoms with Crippen LogP contribution in [0.1, 0.15) is 25.7 Å². The van der Waals surface area contributed by atoms with Gasteiger partial charge in [0, 0.05) is 25.1 Å². The number of nitrogens with two attached hydrogens (primary N) is 1. The first-order chi connectivity index (χ1) is 9.70. The fraction of sp³-hybridized carbons (Fsp3) is 0.533. The predicted octanol–water partition coefficient (Wildman–Crippen LogP) is 2.00. The van der Waals surface area contributed by atoms with Gasteiger partial charge in [0.1, 0.15) is 5.75 Å². The van der Waals surface area contributed by atoms with Gasteiger partial charge < -0.3 is 21.1 Å². The molecule has 0 atom stereocenters. The Bertz CT molecular complexity index is 456. The van der Waals surface area contributed by atoms with Crippen LogP contribution in [0.15, 0.2) is 18.2 Å². The quantitative estimate of drug-likeness (QED) is 0.549. The van der Waals surface area contributed by atoms with E-state index in [0.29, 0.717) is 18.8 Å². The van der Waals surface area contributed by atoms with Crippen molar-refractivity contribution < 1.29 is 9.53 Å². The second-order valence-electron chi connectivity index (χ2n) is 5.15. The largest absolute Gasteiger partial charge is 0.497 e. The van der Waals surface area contributed by atoms with Crippen molar-refractivity contribution in [1.29, 1.82) is 0 Å². The number of nitrogens with one attached hydrogen (secondary N) is 2. The Balaban J connectivity index is 1.74. The molecule has 0 radical (unpaired) electrons. The van der Waals surface area contributed by atoms with Gasteiger partial charge in [-0.1, -0.05) is 12.8 Å². The third-order valence-corrected chi connectivity index (χ3v) is 3.73. The van der Waals surface area contributed by atoms with Gasteiger partial charge in [-0.15, -0.1) is 0 Å². The molecular formula is C15H23N3O2. The highest BCUT2D eigenvalue weighted by Gasteiger charge is 2.21. The van der Waals surface area contributed by atoms with Crippen molar-refractivity contribution in [3.63, 3.8) is 0 Å². The molecule has 0 aliphatic heterocycles. The Labute approximate surface area is 119 Å². The second-order valence-corrected chi connectivity index (χ2v) is 5.15. The van der Waals surface area contributed by atoms with Gasteiger partial charge in [0.25, 0.3) is 0 Å². The molecule has 1 aromatic carbocycles. The lowest BCUT2D eigenvalue weighted by atomic mass is 10.1. The monoisotopic (exact) mass is 277 g/mol. The normalized spacial score (nSPS) is 15.1. The average molecular weight is 277 g/mol. The molecule has 1 aliphatic carbocycles. The van der Waals surface area contributed by atoms with E-state index < -0.39 is 0 Å². The van der Waals surface area contributed by atoms with E-state index in [1.807, 2.05) is 12.1 Å². The van der Waals surface area contributed by atoms with Crippen LogP contribution in [0.3, 0.4) is 0 Å². The van der Waals surface area contributed by atoms with Gasteiger partial charge in [-0.2, -0.15) is 0 Å². The Morgan fingerprint density at radius 3 is 2.80 bits per heavy atom. The van der Waals surface area contributed by atoms with Crippen LogP contribution in [0.5, 0.6) is 5.75 Å². The number of methoxy groups -OCH3 is 1. The van der Waals surface area contributed by atoms with E-state index in [1.54, 1.807) is 13.2 Å². The Hall–Kier alpha value is -1.91. The summed E-state index contributed by atoms with van der Waals surface area (Å²) in [4.78, 5) is 11.8. The SMILES string of the molecule is COc1ccc(N)c(NCCNC(=O)C2CCCC2)c1. The molecule has 1 aliphatic rings. The van der Waals surface area contributed by atoms with E-state index in [4.69, 9.17) is 10.5 Å². The zero-order valence-electron chi connectivity index (χ0n) is 11.9. The number of anilines is 2. The number of hydrogen-bond acceptors (Lipinski definition) is 4.